The lowest BCUT2D eigenvalue weighted by Gasteiger charge is -2.04. The van der Waals surface area contributed by atoms with Gasteiger partial charge in [-0.25, -0.2) is 28.1 Å². The minimum Gasteiger partial charge on any atom is -0.347 e. The Hall–Kier alpha value is -1.51. The first kappa shape index (κ1) is 12.0. The number of aromatic nitrogens is 4. The van der Waals surface area contributed by atoms with Crippen molar-refractivity contribution >= 4 is 21.6 Å². The fourth-order valence-corrected chi connectivity index (χ4v) is 2.05. The Kier molecular flexibility index (Phi) is 3.36. The second kappa shape index (κ2) is 4.78. The van der Waals surface area contributed by atoms with Gasteiger partial charge in [0.15, 0.2) is 0 Å². The van der Waals surface area contributed by atoms with E-state index in [9.17, 15) is 8.42 Å². The van der Waals surface area contributed by atoms with Crippen LogP contribution >= 0.6 is 11.6 Å². The normalized spacial score (nSPS) is 11.6. The Bertz CT molecular complexity index is 581. The summed E-state index contributed by atoms with van der Waals surface area (Å²) in [6, 6.07) is 0. The van der Waals surface area contributed by atoms with Crippen LogP contribution in [0.2, 0.25) is 5.28 Å². The van der Waals surface area contributed by atoms with Crippen LogP contribution < -0.4 is 4.72 Å². The van der Waals surface area contributed by atoms with E-state index >= 15 is 0 Å². The number of rotatable bonds is 4. The molecule has 2 rings (SSSR count). The van der Waals surface area contributed by atoms with Gasteiger partial charge in [-0.3, -0.25) is 0 Å². The van der Waals surface area contributed by atoms with Crippen molar-refractivity contribution in [3.05, 3.63) is 35.9 Å². The van der Waals surface area contributed by atoms with E-state index < -0.39 is 10.0 Å². The van der Waals surface area contributed by atoms with Crippen molar-refractivity contribution in [2.24, 2.45) is 0 Å². The number of imidazole rings is 1. The molecule has 0 amide bonds. The number of nitrogens with one attached hydrogen (secondary N) is 2. The topological polar surface area (TPSA) is 101 Å². The van der Waals surface area contributed by atoms with Crippen LogP contribution in [0.4, 0.5) is 0 Å². The van der Waals surface area contributed by atoms with E-state index in [1.807, 2.05) is 0 Å². The Morgan fingerprint density at radius 1 is 1.29 bits per heavy atom. The van der Waals surface area contributed by atoms with Crippen LogP contribution in [0.5, 0.6) is 0 Å². The Morgan fingerprint density at radius 2 is 2.00 bits per heavy atom. The molecule has 2 heterocycles. The van der Waals surface area contributed by atoms with Gasteiger partial charge in [-0.2, -0.15) is 0 Å². The van der Waals surface area contributed by atoms with Gasteiger partial charge in [0.05, 0.1) is 18.9 Å². The van der Waals surface area contributed by atoms with Crippen molar-refractivity contribution in [2.45, 2.75) is 11.4 Å². The molecule has 0 atom stereocenters. The third-order valence-corrected chi connectivity index (χ3v) is 3.44. The van der Waals surface area contributed by atoms with Crippen LogP contribution in [-0.4, -0.2) is 28.4 Å². The zero-order valence-corrected chi connectivity index (χ0v) is 10.0. The third-order valence-electron chi connectivity index (χ3n) is 1.89. The second-order valence-electron chi connectivity index (χ2n) is 3.05. The molecule has 0 saturated carbocycles. The Labute approximate surface area is 102 Å². The van der Waals surface area contributed by atoms with Gasteiger partial charge >= 0.3 is 0 Å². The fraction of sp³-hybridized carbons (Fsp3) is 0.125. The van der Waals surface area contributed by atoms with Gasteiger partial charge in [0, 0.05) is 12.4 Å². The van der Waals surface area contributed by atoms with E-state index in [4.69, 9.17) is 11.6 Å². The molecule has 0 saturated heterocycles. The minimum absolute atomic E-state index is 0.00464. The maximum atomic E-state index is 11.8. The summed E-state index contributed by atoms with van der Waals surface area (Å²) in [4.78, 5) is 13.8. The van der Waals surface area contributed by atoms with Gasteiger partial charge in [-0.15, -0.1) is 0 Å². The quantitative estimate of drug-likeness (QED) is 0.782. The van der Waals surface area contributed by atoms with Gasteiger partial charge in [0.25, 0.3) is 0 Å². The highest BCUT2D eigenvalue weighted by Gasteiger charge is 2.15. The lowest BCUT2D eigenvalue weighted by Crippen LogP contribution is -2.24. The average Bonchev–Trinajstić information content (AvgIpc) is 2.80. The molecule has 17 heavy (non-hydrogen) atoms. The van der Waals surface area contributed by atoms with E-state index in [2.05, 4.69) is 24.7 Å². The Balaban J connectivity index is 2.11. The van der Waals surface area contributed by atoms with E-state index in [-0.39, 0.29) is 16.7 Å². The summed E-state index contributed by atoms with van der Waals surface area (Å²) in [6.45, 7) is 0.0674. The summed E-state index contributed by atoms with van der Waals surface area (Å²) in [6.07, 6.45) is 5.42. The molecule has 0 aliphatic heterocycles. The number of aromatic amines is 1. The fourth-order valence-electron chi connectivity index (χ4n) is 1.08. The summed E-state index contributed by atoms with van der Waals surface area (Å²) in [5.74, 6) is 0.517. The van der Waals surface area contributed by atoms with Crippen LogP contribution in [0.25, 0.3) is 0 Å². The average molecular weight is 274 g/mol. The van der Waals surface area contributed by atoms with Crippen LogP contribution in [-0.2, 0) is 16.6 Å². The molecule has 0 aliphatic carbocycles. The van der Waals surface area contributed by atoms with Gasteiger partial charge in [-0.05, 0) is 11.6 Å². The molecule has 2 aromatic heterocycles. The van der Waals surface area contributed by atoms with E-state index in [0.29, 0.717) is 5.82 Å². The van der Waals surface area contributed by atoms with Crippen LogP contribution in [0, 0.1) is 0 Å². The monoisotopic (exact) mass is 273 g/mol. The van der Waals surface area contributed by atoms with Crippen molar-refractivity contribution in [2.75, 3.05) is 0 Å². The third kappa shape index (κ3) is 2.99. The highest BCUT2D eigenvalue weighted by molar-refractivity contribution is 7.89. The highest BCUT2D eigenvalue weighted by atomic mass is 35.5. The van der Waals surface area contributed by atoms with E-state index in [0.717, 1.165) is 12.4 Å². The van der Waals surface area contributed by atoms with Gasteiger partial charge in [0.1, 0.15) is 10.7 Å². The molecule has 0 unspecified atom stereocenters. The number of nitrogens with zero attached hydrogens (tertiary/aromatic N) is 3. The second-order valence-corrected chi connectivity index (χ2v) is 5.15. The molecule has 2 N–H and O–H groups in total. The molecule has 0 radical (unpaired) electrons. The number of sulfonamides is 1. The molecule has 90 valence electrons. The smallest absolute Gasteiger partial charge is 0.244 e. The maximum absolute atomic E-state index is 11.8. The lowest BCUT2D eigenvalue weighted by molar-refractivity contribution is 0.578. The van der Waals surface area contributed by atoms with Gasteiger partial charge in [0.2, 0.25) is 15.3 Å². The maximum Gasteiger partial charge on any atom is 0.244 e. The molecule has 0 aromatic carbocycles. The zero-order chi connectivity index (χ0) is 12.3. The molecule has 0 spiro atoms. The summed E-state index contributed by atoms with van der Waals surface area (Å²) in [5, 5.41) is -0.00464. The minimum atomic E-state index is -3.65. The number of hydrogen-bond acceptors (Lipinski definition) is 5. The van der Waals surface area contributed by atoms with Crippen LogP contribution in [0.3, 0.4) is 0 Å². The zero-order valence-electron chi connectivity index (χ0n) is 8.46. The molecular weight excluding hydrogens is 266 g/mol. The van der Waals surface area contributed by atoms with Crippen LogP contribution in [0.15, 0.2) is 29.7 Å². The SMILES string of the molecule is O=S(=O)(NCc1ncc[nH]1)c1cnc(Cl)nc1. The predicted molar refractivity (Wildman–Crippen MR) is 59.7 cm³/mol. The van der Waals surface area contributed by atoms with Crippen molar-refractivity contribution in [3.63, 3.8) is 0 Å². The highest BCUT2D eigenvalue weighted by Crippen LogP contribution is 2.07. The van der Waals surface area contributed by atoms with E-state index in [1.54, 1.807) is 6.20 Å². The molecule has 7 nitrogen and oxygen atoms in total. The molecule has 0 aliphatic rings. The van der Waals surface area contributed by atoms with Crippen molar-refractivity contribution in [1.82, 2.24) is 24.7 Å². The van der Waals surface area contributed by atoms with Gasteiger partial charge in [-0.1, -0.05) is 0 Å². The molecule has 0 bridgehead atoms. The molecule has 2 aromatic rings. The van der Waals surface area contributed by atoms with Crippen LogP contribution in [0.1, 0.15) is 5.82 Å². The van der Waals surface area contributed by atoms with E-state index in [1.165, 1.54) is 6.20 Å². The lowest BCUT2D eigenvalue weighted by atomic mass is 10.6. The molecular formula is C8H8ClN5O2S. The number of halogens is 1. The first-order valence-electron chi connectivity index (χ1n) is 4.53. The summed E-state index contributed by atoms with van der Waals surface area (Å²) in [5.41, 5.74) is 0. The molecule has 0 fully saturated rings. The van der Waals surface area contributed by atoms with Gasteiger partial charge < -0.3 is 4.98 Å². The summed E-state index contributed by atoms with van der Waals surface area (Å²) in [7, 11) is -3.65. The van der Waals surface area contributed by atoms with Crippen molar-refractivity contribution in [1.29, 1.82) is 0 Å². The summed E-state index contributed by atoms with van der Waals surface area (Å²) >= 11 is 5.47. The largest absolute Gasteiger partial charge is 0.347 e. The van der Waals surface area contributed by atoms with Crippen molar-refractivity contribution < 1.29 is 8.42 Å². The number of hydrogen-bond donors (Lipinski definition) is 2. The standard InChI is InChI=1S/C8H8ClN5O2S/c9-8-12-3-6(4-13-8)17(15,16)14-5-7-10-1-2-11-7/h1-4,14H,5H2,(H,10,11). The first-order valence-corrected chi connectivity index (χ1v) is 6.39. The summed E-state index contributed by atoms with van der Waals surface area (Å²) < 4.78 is 25.9. The van der Waals surface area contributed by atoms with Crippen molar-refractivity contribution in [3.8, 4) is 0 Å². The Morgan fingerprint density at radius 3 is 2.59 bits per heavy atom. The number of H-pyrrole nitrogens is 1. The predicted octanol–water partition coefficient (Wildman–Crippen LogP) is 0.332. The molecule has 9 heteroatoms. The first-order chi connectivity index (χ1) is 8.08.